The lowest BCUT2D eigenvalue weighted by atomic mass is 9.95. The van der Waals surface area contributed by atoms with Crippen LogP contribution in [0.1, 0.15) is 50.4 Å². The van der Waals surface area contributed by atoms with Crippen molar-refractivity contribution < 1.29 is 0 Å². The van der Waals surface area contributed by atoms with Gasteiger partial charge in [0.25, 0.3) is 0 Å². The summed E-state index contributed by atoms with van der Waals surface area (Å²) in [5.41, 5.74) is 6.99. The van der Waals surface area contributed by atoms with Crippen LogP contribution in [0, 0.1) is 6.92 Å². The number of nitrogens with two attached hydrogens (primary N) is 1. The standard InChI is InChI=1S/C15H26N4S/c1-4-5-13-18-14(16)10(2)15(19-13)17-11-6-8-12(20-3)9-7-11/h11-12H,4-9H2,1-3H3,(H3,16,17,18,19). The molecule has 2 rings (SSSR count). The number of nitrogens with one attached hydrogen (secondary N) is 1. The van der Waals surface area contributed by atoms with Gasteiger partial charge in [-0.1, -0.05) is 6.92 Å². The van der Waals surface area contributed by atoms with Crippen LogP contribution in [0.2, 0.25) is 0 Å². The molecule has 1 fully saturated rings. The molecule has 1 heterocycles. The van der Waals surface area contributed by atoms with Crippen LogP contribution in [0.5, 0.6) is 0 Å². The highest BCUT2D eigenvalue weighted by Gasteiger charge is 2.21. The first kappa shape index (κ1) is 15.4. The normalized spacial score (nSPS) is 22.8. The fraction of sp³-hybridized carbons (Fsp3) is 0.733. The molecule has 20 heavy (non-hydrogen) atoms. The Morgan fingerprint density at radius 2 is 1.95 bits per heavy atom. The highest BCUT2D eigenvalue weighted by molar-refractivity contribution is 7.99. The van der Waals surface area contributed by atoms with Gasteiger partial charge in [0.15, 0.2) is 0 Å². The summed E-state index contributed by atoms with van der Waals surface area (Å²) in [4.78, 5) is 9.01. The van der Waals surface area contributed by atoms with E-state index in [4.69, 9.17) is 5.73 Å². The molecule has 5 heteroatoms. The lowest BCUT2D eigenvalue weighted by Gasteiger charge is -2.29. The monoisotopic (exact) mass is 294 g/mol. The van der Waals surface area contributed by atoms with Gasteiger partial charge in [0, 0.05) is 23.3 Å². The maximum absolute atomic E-state index is 6.01. The van der Waals surface area contributed by atoms with E-state index in [1.54, 1.807) is 0 Å². The van der Waals surface area contributed by atoms with E-state index in [2.05, 4.69) is 28.5 Å². The molecule has 0 atom stereocenters. The van der Waals surface area contributed by atoms with Crippen molar-refractivity contribution in [1.82, 2.24) is 9.97 Å². The second-order valence-corrected chi connectivity index (χ2v) is 6.74. The van der Waals surface area contributed by atoms with Crippen molar-refractivity contribution in [2.75, 3.05) is 17.3 Å². The van der Waals surface area contributed by atoms with Crippen molar-refractivity contribution in [2.45, 2.75) is 63.7 Å². The largest absolute Gasteiger partial charge is 0.383 e. The third-order valence-corrected chi connectivity index (χ3v) is 5.19. The maximum atomic E-state index is 6.01. The predicted molar refractivity (Wildman–Crippen MR) is 88.4 cm³/mol. The molecule has 0 spiro atoms. The van der Waals surface area contributed by atoms with Crippen molar-refractivity contribution in [3.8, 4) is 0 Å². The van der Waals surface area contributed by atoms with Crippen molar-refractivity contribution >= 4 is 23.4 Å². The summed E-state index contributed by atoms with van der Waals surface area (Å²) < 4.78 is 0. The highest BCUT2D eigenvalue weighted by atomic mass is 32.2. The molecule has 112 valence electrons. The molecule has 1 aliphatic carbocycles. The van der Waals surface area contributed by atoms with Gasteiger partial charge in [-0.05, 0) is 45.3 Å². The van der Waals surface area contributed by atoms with Gasteiger partial charge < -0.3 is 11.1 Å². The van der Waals surface area contributed by atoms with Crippen molar-refractivity contribution in [1.29, 1.82) is 0 Å². The fourth-order valence-electron chi connectivity index (χ4n) is 2.69. The minimum Gasteiger partial charge on any atom is -0.383 e. The Kier molecular flexibility index (Phi) is 5.52. The molecule has 0 aromatic carbocycles. The number of hydrogen-bond acceptors (Lipinski definition) is 5. The van der Waals surface area contributed by atoms with Crippen LogP contribution in [0.15, 0.2) is 0 Å². The van der Waals surface area contributed by atoms with Crippen molar-refractivity contribution in [3.63, 3.8) is 0 Å². The molecule has 0 amide bonds. The van der Waals surface area contributed by atoms with E-state index in [-0.39, 0.29) is 0 Å². The topological polar surface area (TPSA) is 63.8 Å². The van der Waals surface area contributed by atoms with Gasteiger partial charge in [0.05, 0.1) is 0 Å². The smallest absolute Gasteiger partial charge is 0.134 e. The minimum atomic E-state index is 0.529. The lowest BCUT2D eigenvalue weighted by molar-refractivity contribution is 0.472. The first-order valence-corrected chi connectivity index (χ1v) is 8.85. The van der Waals surface area contributed by atoms with Crippen LogP contribution >= 0.6 is 11.8 Å². The van der Waals surface area contributed by atoms with Crippen LogP contribution in [-0.4, -0.2) is 27.5 Å². The first-order valence-electron chi connectivity index (χ1n) is 7.56. The van der Waals surface area contributed by atoms with Gasteiger partial charge >= 0.3 is 0 Å². The molecule has 3 N–H and O–H groups in total. The van der Waals surface area contributed by atoms with Crippen LogP contribution in [0.3, 0.4) is 0 Å². The summed E-state index contributed by atoms with van der Waals surface area (Å²) in [6.45, 7) is 4.14. The zero-order chi connectivity index (χ0) is 14.5. The summed E-state index contributed by atoms with van der Waals surface area (Å²) in [5.74, 6) is 2.41. The fourth-order valence-corrected chi connectivity index (χ4v) is 3.44. The molecule has 0 radical (unpaired) electrons. The van der Waals surface area contributed by atoms with Crippen LogP contribution in [-0.2, 0) is 6.42 Å². The third kappa shape index (κ3) is 3.78. The summed E-state index contributed by atoms with van der Waals surface area (Å²) >= 11 is 2.00. The molecular weight excluding hydrogens is 268 g/mol. The van der Waals surface area contributed by atoms with Gasteiger partial charge in [-0.3, -0.25) is 0 Å². The van der Waals surface area contributed by atoms with Gasteiger partial charge in [0.1, 0.15) is 17.5 Å². The quantitative estimate of drug-likeness (QED) is 0.871. The molecule has 4 nitrogen and oxygen atoms in total. The van der Waals surface area contributed by atoms with Crippen LogP contribution < -0.4 is 11.1 Å². The SMILES string of the molecule is CCCc1nc(N)c(C)c(NC2CCC(SC)CC2)n1. The zero-order valence-electron chi connectivity index (χ0n) is 12.8. The molecular formula is C15H26N4S. The molecule has 0 aliphatic heterocycles. The van der Waals surface area contributed by atoms with Crippen LogP contribution in [0.4, 0.5) is 11.6 Å². The zero-order valence-corrected chi connectivity index (χ0v) is 13.6. The minimum absolute atomic E-state index is 0.529. The Labute approximate surface area is 126 Å². The maximum Gasteiger partial charge on any atom is 0.134 e. The van der Waals surface area contributed by atoms with E-state index in [0.29, 0.717) is 11.9 Å². The Balaban J connectivity index is 2.05. The van der Waals surface area contributed by atoms with E-state index in [9.17, 15) is 0 Å². The second kappa shape index (κ2) is 7.16. The third-order valence-electron chi connectivity index (χ3n) is 4.05. The molecule has 1 aromatic rings. The molecule has 0 saturated heterocycles. The van der Waals surface area contributed by atoms with Gasteiger partial charge in [-0.15, -0.1) is 0 Å². The number of anilines is 2. The summed E-state index contributed by atoms with van der Waals surface area (Å²) in [5, 5.41) is 4.43. The number of aryl methyl sites for hydroxylation is 1. The summed E-state index contributed by atoms with van der Waals surface area (Å²) in [7, 11) is 0. The van der Waals surface area contributed by atoms with Gasteiger partial charge in [-0.25, -0.2) is 9.97 Å². The van der Waals surface area contributed by atoms with E-state index in [1.807, 2.05) is 18.7 Å². The summed E-state index contributed by atoms with van der Waals surface area (Å²) in [6, 6.07) is 0.529. The van der Waals surface area contributed by atoms with E-state index >= 15 is 0 Å². The number of nitrogens with zero attached hydrogens (tertiary/aromatic N) is 2. The highest BCUT2D eigenvalue weighted by Crippen LogP contribution is 2.29. The summed E-state index contributed by atoms with van der Waals surface area (Å²) in [6.07, 6.45) is 9.17. The Morgan fingerprint density at radius 3 is 2.55 bits per heavy atom. The van der Waals surface area contributed by atoms with E-state index in [0.717, 1.165) is 35.3 Å². The predicted octanol–water partition coefficient (Wildman–Crippen LogP) is 3.41. The number of rotatable bonds is 5. The molecule has 1 aliphatic rings. The number of aromatic nitrogens is 2. The van der Waals surface area contributed by atoms with Crippen molar-refractivity contribution in [2.24, 2.45) is 0 Å². The van der Waals surface area contributed by atoms with Crippen molar-refractivity contribution in [3.05, 3.63) is 11.4 Å². The molecule has 0 bridgehead atoms. The van der Waals surface area contributed by atoms with E-state index < -0.39 is 0 Å². The van der Waals surface area contributed by atoms with E-state index in [1.165, 1.54) is 25.7 Å². The Hall–Kier alpha value is -0.970. The number of nitrogen functional groups attached to an aromatic ring is 1. The number of hydrogen-bond donors (Lipinski definition) is 2. The van der Waals surface area contributed by atoms with Gasteiger partial charge in [0.2, 0.25) is 0 Å². The average molecular weight is 294 g/mol. The number of thioether (sulfide) groups is 1. The lowest BCUT2D eigenvalue weighted by Crippen LogP contribution is -2.28. The molecule has 1 aromatic heterocycles. The Morgan fingerprint density at radius 1 is 1.25 bits per heavy atom. The first-order chi connectivity index (χ1) is 9.63. The molecule has 0 unspecified atom stereocenters. The van der Waals surface area contributed by atoms with Gasteiger partial charge in [-0.2, -0.15) is 11.8 Å². The average Bonchev–Trinajstić information content (AvgIpc) is 2.45. The molecule has 1 saturated carbocycles. The Bertz CT molecular complexity index is 442. The second-order valence-electron chi connectivity index (χ2n) is 5.60. The van der Waals surface area contributed by atoms with Crippen LogP contribution in [0.25, 0.3) is 0 Å².